The van der Waals surface area contributed by atoms with Gasteiger partial charge in [-0.1, -0.05) is 103 Å². The molecule has 3 aromatic rings. The number of carbonyl (C=O) groups is 1. The summed E-state index contributed by atoms with van der Waals surface area (Å²) in [6, 6.07) is 19.7. The van der Waals surface area contributed by atoms with Gasteiger partial charge in [0.05, 0.1) is 0 Å². The highest BCUT2D eigenvalue weighted by molar-refractivity contribution is 5.78. The van der Waals surface area contributed by atoms with Gasteiger partial charge in [0.25, 0.3) is 0 Å². The van der Waals surface area contributed by atoms with Gasteiger partial charge < -0.3 is 19.3 Å². The lowest BCUT2D eigenvalue weighted by Gasteiger charge is -2.18. The molecule has 0 atom stereocenters. The molecule has 1 aromatic carbocycles. The van der Waals surface area contributed by atoms with Gasteiger partial charge in [-0.05, 0) is 96.0 Å². The first-order valence-corrected chi connectivity index (χ1v) is 15.6. The molecule has 4 heterocycles. The van der Waals surface area contributed by atoms with Gasteiger partial charge in [0.15, 0.2) is 0 Å². The average molecular weight is 658 g/mol. The van der Waals surface area contributed by atoms with E-state index in [0.29, 0.717) is 6.42 Å². The van der Waals surface area contributed by atoms with Crippen LogP contribution in [0.1, 0.15) is 65.9 Å². The number of allylic oxidation sites excluding steroid dienone is 2. The molecule has 0 spiro atoms. The van der Waals surface area contributed by atoms with Crippen LogP contribution >= 0.6 is 0 Å². The molecular formula is C42H67N5O. The van der Waals surface area contributed by atoms with Crippen LogP contribution in [-0.2, 0) is 4.79 Å². The number of likely N-dealkylation sites (tertiary alicyclic amines) is 2. The molecule has 0 saturated carbocycles. The molecule has 48 heavy (non-hydrogen) atoms. The molecule has 2 aliphatic heterocycles. The van der Waals surface area contributed by atoms with E-state index in [1.165, 1.54) is 30.5 Å². The Labute approximate surface area is 295 Å². The number of benzene rings is 1. The van der Waals surface area contributed by atoms with Crippen LogP contribution in [0.3, 0.4) is 0 Å². The van der Waals surface area contributed by atoms with Crippen LogP contribution in [0.4, 0.5) is 0 Å². The van der Waals surface area contributed by atoms with Gasteiger partial charge >= 0.3 is 0 Å². The number of nitrogens with zero attached hydrogens (tertiary/aromatic N) is 5. The standard InChI is InChI=1S/C9H15N.C8H8.C6H9NO.C6H7N.C5H5N.C3H9N.C3H6.2CH4/c1-3-10-8-6-4-5-7-9(10)2;1-2-8-6-4-3-5-7-8;1-2-7-5-3-4-6(7)8;1-2-7-5-3-4-6-7;1-2-4-6-5-3-1;1-4(2)3;1-3-2;;/h3H,1-2,4-8H2;2-7H,1H2;2H,1,3-5H2;2-6H,1H2;1-5H;1-3H3;3H,1H2,2H3;2*1H4. The smallest absolute Gasteiger partial charge is 0.226 e. The van der Waals surface area contributed by atoms with Crippen molar-refractivity contribution in [3.8, 4) is 0 Å². The number of amides is 1. The van der Waals surface area contributed by atoms with Crippen LogP contribution in [0, 0.1) is 0 Å². The van der Waals surface area contributed by atoms with Gasteiger partial charge in [-0.2, -0.15) is 0 Å². The number of hydrogen-bond donors (Lipinski definition) is 0. The number of pyridine rings is 1. The van der Waals surface area contributed by atoms with E-state index >= 15 is 0 Å². The van der Waals surface area contributed by atoms with Crippen molar-refractivity contribution in [1.82, 2.24) is 24.3 Å². The second kappa shape index (κ2) is 36.8. The second-order valence-electron chi connectivity index (χ2n) is 10.3. The summed E-state index contributed by atoms with van der Waals surface area (Å²) in [6.07, 6.45) is 22.9. The molecular weight excluding hydrogens is 590 g/mol. The summed E-state index contributed by atoms with van der Waals surface area (Å²) in [6.45, 7) is 25.6. The van der Waals surface area contributed by atoms with Gasteiger partial charge in [0.2, 0.25) is 5.91 Å². The van der Waals surface area contributed by atoms with E-state index in [1.54, 1.807) is 35.8 Å². The van der Waals surface area contributed by atoms with E-state index < -0.39 is 0 Å². The fraction of sp³-hybridized carbons (Fsp3) is 0.333. The lowest BCUT2D eigenvalue weighted by Crippen LogP contribution is -2.16. The number of hydrogen-bond acceptors (Lipinski definition) is 4. The fourth-order valence-corrected chi connectivity index (χ4v) is 3.54. The molecule has 2 aromatic heterocycles. The Morgan fingerprint density at radius 1 is 0.688 bits per heavy atom. The first-order chi connectivity index (χ1) is 22.2. The molecule has 2 fully saturated rings. The third-order valence-electron chi connectivity index (χ3n) is 5.76. The first kappa shape index (κ1) is 50.2. The SMILES string of the molecule is C.C.C=CC.C=CN1CCCC1=O.C=CN1CCCCCC1=C.C=Cc1ccccc1.C=Cn1cccc1.CN(C)C.c1ccncc1. The van der Waals surface area contributed by atoms with E-state index in [1.807, 2.05) is 123 Å². The summed E-state index contributed by atoms with van der Waals surface area (Å²) in [5.74, 6) is 0.208. The van der Waals surface area contributed by atoms with Crippen LogP contribution in [0.2, 0.25) is 0 Å². The monoisotopic (exact) mass is 658 g/mol. The normalized spacial score (nSPS) is 12.2. The van der Waals surface area contributed by atoms with Gasteiger partial charge in [-0.25, -0.2) is 0 Å². The summed E-state index contributed by atoms with van der Waals surface area (Å²) >= 11 is 0. The van der Waals surface area contributed by atoms with Crippen molar-refractivity contribution < 1.29 is 4.79 Å². The van der Waals surface area contributed by atoms with Crippen LogP contribution in [0.5, 0.6) is 0 Å². The van der Waals surface area contributed by atoms with Crippen LogP contribution in [0.15, 0.2) is 149 Å². The lowest BCUT2D eigenvalue weighted by molar-refractivity contribution is -0.125. The van der Waals surface area contributed by atoms with Crippen molar-refractivity contribution in [2.75, 3.05) is 34.2 Å². The van der Waals surface area contributed by atoms with Gasteiger partial charge in [0, 0.05) is 56.2 Å². The molecule has 1 amide bonds. The zero-order valence-corrected chi connectivity index (χ0v) is 29.0. The van der Waals surface area contributed by atoms with E-state index in [-0.39, 0.29) is 20.8 Å². The van der Waals surface area contributed by atoms with E-state index in [0.717, 1.165) is 25.9 Å². The summed E-state index contributed by atoms with van der Waals surface area (Å²) < 4.78 is 1.89. The van der Waals surface area contributed by atoms with E-state index in [2.05, 4.69) is 49.4 Å². The summed E-state index contributed by atoms with van der Waals surface area (Å²) in [7, 11) is 6.00. The Morgan fingerprint density at radius 3 is 1.50 bits per heavy atom. The maximum absolute atomic E-state index is 10.7. The zero-order chi connectivity index (χ0) is 34.8. The molecule has 5 rings (SSSR count). The Kier molecular flexibility index (Phi) is 38.5. The highest BCUT2D eigenvalue weighted by Crippen LogP contribution is 2.17. The Balaban J connectivity index is -0.000000240. The van der Waals surface area contributed by atoms with Gasteiger partial charge in [-0.15, -0.1) is 6.58 Å². The molecule has 266 valence electrons. The molecule has 0 radical (unpaired) electrons. The molecule has 6 nitrogen and oxygen atoms in total. The maximum atomic E-state index is 10.7. The third kappa shape index (κ3) is 31.3. The molecule has 0 unspecified atom stereocenters. The van der Waals surface area contributed by atoms with Crippen molar-refractivity contribution >= 4 is 18.2 Å². The molecule has 6 heteroatoms. The Morgan fingerprint density at radius 2 is 1.19 bits per heavy atom. The number of rotatable bonds is 4. The largest absolute Gasteiger partial charge is 0.353 e. The van der Waals surface area contributed by atoms with Crippen LogP contribution < -0.4 is 0 Å². The summed E-state index contributed by atoms with van der Waals surface area (Å²) in [5, 5.41) is 0. The molecule has 0 N–H and O–H groups in total. The second-order valence-corrected chi connectivity index (χ2v) is 10.3. The maximum Gasteiger partial charge on any atom is 0.226 e. The zero-order valence-electron chi connectivity index (χ0n) is 29.0. The van der Waals surface area contributed by atoms with E-state index in [9.17, 15) is 4.79 Å². The highest BCUT2D eigenvalue weighted by Gasteiger charge is 2.16. The Bertz CT molecular complexity index is 1140. The third-order valence-corrected chi connectivity index (χ3v) is 5.76. The minimum atomic E-state index is 0. The Hall–Kier alpha value is -4.68. The summed E-state index contributed by atoms with van der Waals surface area (Å²) in [4.78, 5) is 20.3. The van der Waals surface area contributed by atoms with Gasteiger partial charge in [-0.3, -0.25) is 9.78 Å². The van der Waals surface area contributed by atoms with E-state index in [4.69, 9.17) is 0 Å². The van der Waals surface area contributed by atoms with Crippen molar-refractivity contribution in [1.29, 1.82) is 0 Å². The van der Waals surface area contributed by atoms with Crippen molar-refractivity contribution in [3.05, 3.63) is 155 Å². The molecule has 0 aliphatic carbocycles. The quantitative estimate of drug-likeness (QED) is 0.262. The predicted molar refractivity (Wildman–Crippen MR) is 216 cm³/mol. The summed E-state index contributed by atoms with van der Waals surface area (Å²) in [5.41, 5.74) is 2.40. The minimum absolute atomic E-state index is 0. The number of aromatic nitrogens is 2. The highest BCUT2D eigenvalue weighted by atomic mass is 16.2. The molecule has 2 saturated heterocycles. The van der Waals surface area contributed by atoms with Crippen molar-refractivity contribution in [3.63, 3.8) is 0 Å². The van der Waals surface area contributed by atoms with Gasteiger partial charge in [0.1, 0.15) is 0 Å². The van der Waals surface area contributed by atoms with Crippen molar-refractivity contribution in [2.45, 2.75) is 60.3 Å². The first-order valence-electron chi connectivity index (χ1n) is 15.6. The predicted octanol–water partition coefficient (Wildman–Crippen LogP) is 10.9. The van der Waals surface area contributed by atoms with Crippen LogP contribution in [0.25, 0.3) is 12.3 Å². The minimum Gasteiger partial charge on any atom is -0.353 e. The molecule has 2 aliphatic rings. The molecule has 0 bridgehead atoms. The van der Waals surface area contributed by atoms with Crippen molar-refractivity contribution in [2.24, 2.45) is 0 Å². The topological polar surface area (TPSA) is 44.6 Å². The average Bonchev–Trinajstić information content (AvgIpc) is 3.72. The fourth-order valence-electron chi connectivity index (χ4n) is 3.54. The van der Waals surface area contributed by atoms with Crippen LogP contribution in [-0.4, -0.2) is 64.4 Å². The number of carbonyl (C=O) groups excluding carboxylic acids is 1. The lowest BCUT2D eigenvalue weighted by atomic mass is 10.2.